The second kappa shape index (κ2) is 12.0. The number of hydrogen-bond donors (Lipinski definition) is 1. The van der Waals surface area contributed by atoms with Gasteiger partial charge in [0.25, 0.3) is 0 Å². The topological polar surface area (TPSA) is 63.6 Å². The largest absolute Gasteiger partial charge is 0.481 e. The Morgan fingerprint density at radius 1 is 0.821 bits per heavy atom. The van der Waals surface area contributed by atoms with Crippen LogP contribution in [0.25, 0.3) is 0 Å². The molecule has 2 rings (SSSR count). The SMILES string of the molecule is CC(=O)OCc1ccc(C(C)C)cc1.CC(C)c1ccc(CCC(=O)O)cc1. The highest BCUT2D eigenvalue weighted by molar-refractivity contribution is 5.67. The second-order valence-corrected chi connectivity index (χ2v) is 7.47. The number of ether oxygens (including phenoxy) is 1. The van der Waals surface area contributed by atoms with Crippen LogP contribution in [-0.4, -0.2) is 17.0 Å². The summed E-state index contributed by atoms with van der Waals surface area (Å²) in [5.41, 5.74) is 4.72. The molecule has 0 radical (unpaired) electrons. The van der Waals surface area contributed by atoms with E-state index in [2.05, 4.69) is 52.0 Å². The van der Waals surface area contributed by atoms with E-state index in [0.717, 1.165) is 11.1 Å². The Labute approximate surface area is 168 Å². The number of carboxylic acids is 1. The van der Waals surface area contributed by atoms with Crippen molar-refractivity contribution in [3.8, 4) is 0 Å². The standard InChI is InChI=1S/2C12H16O2/c1-9(2)12-6-4-11(5-7-12)8-14-10(3)13;1-9(2)11-6-3-10(4-7-11)5-8-12(13)14/h4-7,9H,8H2,1-3H3;3-4,6-7,9H,5,8H2,1-2H3,(H,13,14). The molecule has 152 valence electrons. The van der Waals surface area contributed by atoms with Gasteiger partial charge in [-0.25, -0.2) is 0 Å². The van der Waals surface area contributed by atoms with Crippen molar-refractivity contribution in [1.82, 2.24) is 0 Å². The van der Waals surface area contributed by atoms with Gasteiger partial charge in [-0.3, -0.25) is 9.59 Å². The number of aryl methyl sites for hydroxylation is 1. The van der Waals surface area contributed by atoms with Gasteiger partial charge in [-0.1, -0.05) is 76.2 Å². The Kier molecular flexibility index (Phi) is 10.0. The highest BCUT2D eigenvalue weighted by atomic mass is 16.5. The normalized spacial score (nSPS) is 10.4. The van der Waals surface area contributed by atoms with Crippen molar-refractivity contribution in [3.05, 3.63) is 70.8 Å². The molecule has 0 aromatic heterocycles. The lowest BCUT2D eigenvalue weighted by atomic mass is 10.0. The zero-order chi connectivity index (χ0) is 21.1. The van der Waals surface area contributed by atoms with Crippen molar-refractivity contribution in [3.63, 3.8) is 0 Å². The molecule has 4 heteroatoms. The summed E-state index contributed by atoms with van der Waals surface area (Å²) in [6.45, 7) is 10.4. The van der Waals surface area contributed by atoms with Crippen molar-refractivity contribution in [2.45, 2.75) is 65.9 Å². The maximum atomic E-state index is 10.6. The fourth-order valence-corrected chi connectivity index (χ4v) is 2.50. The lowest BCUT2D eigenvalue weighted by Crippen LogP contribution is -1.98. The highest BCUT2D eigenvalue weighted by Gasteiger charge is 2.01. The number of benzene rings is 2. The molecule has 28 heavy (non-hydrogen) atoms. The summed E-state index contributed by atoms with van der Waals surface area (Å²) in [6, 6.07) is 16.3. The minimum atomic E-state index is -0.738. The third kappa shape index (κ3) is 9.36. The molecule has 0 fully saturated rings. The molecule has 2 aromatic carbocycles. The zero-order valence-corrected chi connectivity index (χ0v) is 17.6. The Morgan fingerprint density at radius 3 is 1.61 bits per heavy atom. The monoisotopic (exact) mass is 384 g/mol. The smallest absolute Gasteiger partial charge is 0.303 e. The van der Waals surface area contributed by atoms with E-state index in [9.17, 15) is 9.59 Å². The molecule has 0 saturated carbocycles. The van der Waals surface area contributed by atoms with Crippen molar-refractivity contribution < 1.29 is 19.4 Å². The van der Waals surface area contributed by atoms with E-state index in [1.54, 1.807) is 0 Å². The van der Waals surface area contributed by atoms with Gasteiger partial charge >= 0.3 is 11.9 Å². The van der Waals surface area contributed by atoms with Crippen LogP contribution in [0.15, 0.2) is 48.5 Å². The van der Waals surface area contributed by atoms with Crippen LogP contribution in [0.3, 0.4) is 0 Å². The van der Waals surface area contributed by atoms with Gasteiger partial charge in [-0.2, -0.15) is 0 Å². The quantitative estimate of drug-likeness (QED) is 0.622. The number of carboxylic acid groups (broad SMARTS) is 1. The van der Waals surface area contributed by atoms with Crippen LogP contribution in [0, 0.1) is 0 Å². The third-order valence-electron chi connectivity index (χ3n) is 4.36. The Balaban J connectivity index is 0.000000280. The number of carbonyl (C=O) groups excluding carboxylic acids is 1. The first-order valence-electron chi connectivity index (χ1n) is 9.71. The minimum Gasteiger partial charge on any atom is -0.481 e. The Morgan fingerprint density at radius 2 is 1.25 bits per heavy atom. The van der Waals surface area contributed by atoms with Gasteiger partial charge in [-0.05, 0) is 40.5 Å². The van der Waals surface area contributed by atoms with E-state index in [0.29, 0.717) is 24.9 Å². The zero-order valence-electron chi connectivity index (χ0n) is 17.6. The molecular formula is C24H32O4. The van der Waals surface area contributed by atoms with Gasteiger partial charge in [0.2, 0.25) is 0 Å². The lowest BCUT2D eigenvalue weighted by molar-refractivity contribution is -0.142. The predicted molar refractivity (Wildman–Crippen MR) is 112 cm³/mol. The van der Waals surface area contributed by atoms with Gasteiger partial charge in [0.05, 0.1) is 0 Å². The summed E-state index contributed by atoms with van der Waals surface area (Å²) in [5.74, 6) is 0.0946. The first kappa shape index (κ1) is 23.4. The summed E-state index contributed by atoms with van der Waals surface area (Å²) in [4.78, 5) is 20.9. The Bertz CT molecular complexity index is 663. The molecule has 2 aromatic rings. The van der Waals surface area contributed by atoms with E-state index in [1.165, 1.54) is 18.1 Å². The van der Waals surface area contributed by atoms with Crippen LogP contribution in [-0.2, 0) is 27.4 Å². The van der Waals surface area contributed by atoms with E-state index < -0.39 is 5.97 Å². The molecule has 4 nitrogen and oxygen atoms in total. The number of carbonyl (C=O) groups is 2. The van der Waals surface area contributed by atoms with Crippen LogP contribution in [0.1, 0.15) is 75.1 Å². The molecule has 0 spiro atoms. The molecule has 0 aliphatic rings. The van der Waals surface area contributed by atoms with Gasteiger partial charge < -0.3 is 9.84 Å². The molecule has 0 bridgehead atoms. The first-order chi connectivity index (χ1) is 13.2. The number of hydrogen-bond acceptors (Lipinski definition) is 3. The summed E-state index contributed by atoms with van der Waals surface area (Å²) in [6.07, 6.45) is 0.828. The lowest BCUT2D eigenvalue weighted by Gasteiger charge is -2.06. The molecule has 0 saturated heterocycles. The average Bonchev–Trinajstić information content (AvgIpc) is 2.65. The molecule has 0 aliphatic heterocycles. The van der Waals surface area contributed by atoms with Crippen molar-refractivity contribution in [1.29, 1.82) is 0 Å². The van der Waals surface area contributed by atoms with E-state index in [4.69, 9.17) is 9.84 Å². The number of aliphatic carboxylic acids is 1. The summed E-state index contributed by atoms with van der Waals surface area (Å²) >= 11 is 0. The second-order valence-electron chi connectivity index (χ2n) is 7.47. The molecule has 1 N–H and O–H groups in total. The molecule has 0 unspecified atom stereocenters. The van der Waals surface area contributed by atoms with Crippen molar-refractivity contribution >= 4 is 11.9 Å². The van der Waals surface area contributed by atoms with E-state index in [1.807, 2.05) is 24.3 Å². The summed E-state index contributed by atoms with van der Waals surface area (Å²) < 4.78 is 4.89. The fourth-order valence-electron chi connectivity index (χ4n) is 2.50. The third-order valence-corrected chi connectivity index (χ3v) is 4.36. The molecular weight excluding hydrogens is 352 g/mol. The van der Waals surface area contributed by atoms with Crippen LogP contribution < -0.4 is 0 Å². The van der Waals surface area contributed by atoms with Crippen molar-refractivity contribution in [2.24, 2.45) is 0 Å². The van der Waals surface area contributed by atoms with Crippen LogP contribution >= 0.6 is 0 Å². The molecule has 0 heterocycles. The maximum Gasteiger partial charge on any atom is 0.303 e. The predicted octanol–water partition coefficient (Wildman–Crippen LogP) is 5.70. The molecule has 0 atom stereocenters. The van der Waals surface area contributed by atoms with Crippen LogP contribution in [0.5, 0.6) is 0 Å². The fraction of sp³-hybridized carbons (Fsp3) is 0.417. The van der Waals surface area contributed by atoms with Gasteiger partial charge in [0, 0.05) is 13.3 Å². The van der Waals surface area contributed by atoms with E-state index >= 15 is 0 Å². The van der Waals surface area contributed by atoms with Gasteiger partial charge in [0.1, 0.15) is 6.61 Å². The van der Waals surface area contributed by atoms with Gasteiger partial charge in [-0.15, -0.1) is 0 Å². The van der Waals surface area contributed by atoms with Crippen LogP contribution in [0.2, 0.25) is 0 Å². The molecule has 0 amide bonds. The minimum absolute atomic E-state index is 0.209. The average molecular weight is 385 g/mol. The molecule has 0 aliphatic carbocycles. The summed E-state index contributed by atoms with van der Waals surface area (Å²) in [7, 11) is 0. The maximum absolute atomic E-state index is 10.6. The van der Waals surface area contributed by atoms with Crippen LogP contribution in [0.4, 0.5) is 0 Å². The van der Waals surface area contributed by atoms with E-state index in [-0.39, 0.29) is 12.4 Å². The number of esters is 1. The number of rotatable bonds is 7. The summed E-state index contributed by atoms with van der Waals surface area (Å²) in [5, 5.41) is 8.52. The Hall–Kier alpha value is -2.62. The van der Waals surface area contributed by atoms with Gasteiger partial charge in [0.15, 0.2) is 0 Å². The first-order valence-corrected chi connectivity index (χ1v) is 9.71. The highest BCUT2D eigenvalue weighted by Crippen LogP contribution is 2.16. The van der Waals surface area contributed by atoms with Crippen molar-refractivity contribution in [2.75, 3.05) is 0 Å².